The summed E-state index contributed by atoms with van der Waals surface area (Å²) in [6.45, 7) is 2.98. The highest BCUT2D eigenvalue weighted by Crippen LogP contribution is 2.35. The van der Waals surface area contributed by atoms with E-state index >= 15 is 0 Å². The fourth-order valence-corrected chi connectivity index (χ4v) is 4.51. The number of nitrogens with one attached hydrogen (secondary N) is 1. The summed E-state index contributed by atoms with van der Waals surface area (Å²) in [6.07, 6.45) is 6.80. The number of carbonyl (C=O) groups is 2. The van der Waals surface area contributed by atoms with Gasteiger partial charge in [-0.15, -0.1) is 0 Å². The number of ether oxygens (including phenoxy) is 1. The van der Waals surface area contributed by atoms with Crippen LogP contribution < -0.4 is 5.32 Å². The van der Waals surface area contributed by atoms with Crippen molar-refractivity contribution < 1.29 is 14.3 Å². The molecule has 6 heteroatoms. The van der Waals surface area contributed by atoms with Crippen molar-refractivity contribution in [1.82, 2.24) is 9.47 Å². The van der Waals surface area contributed by atoms with Crippen LogP contribution in [0, 0.1) is 5.92 Å². The molecule has 2 saturated heterocycles. The average molecular weight is 369 g/mol. The molecule has 1 aromatic heterocycles. The lowest BCUT2D eigenvalue weighted by atomic mass is 9.88. The number of hydrogen-bond acceptors (Lipinski definition) is 3. The standard InChI is InChI=1S/C21H27N3O3/c1-23-12-19(18-11-17(22-14-25)4-5-20(18)23)15-6-8-24(9-7-15)21(26)16-3-2-10-27-13-16/h4-5,11-12,14-16H,2-3,6-10,13H2,1H3,(H,22,25). The van der Waals surface area contributed by atoms with Crippen LogP contribution in [-0.4, -0.2) is 48.1 Å². The number of benzene rings is 1. The highest BCUT2D eigenvalue weighted by molar-refractivity contribution is 5.89. The molecule has 2 aliphatic heterocycles. The maximum Gasteiger partial charge on any atom is 0.228 e. The lowest BCUT2D eigenvalue weighted by molar-refractivity contribution is -0.140. The Hall–Kier alpha value is -2.34. The first kappa shape index (κ1) is 18.0. The zero-order valence-electron chi connectivity index (χ0n) is 15.8. The zero-order chi connectivity index (χ0) is 18.8. The van der Waals surface area contributed by atoms with E-state index in [1.165, 1.54) is 16.5 Å². The summed E-state index contributed by atoms with van der Waals surface area (Å²) in [4.78, 5) is 25.5. The number of anilines is 1. The van der Waals surface area contributed by atoms with Crippen molar-refractivity contribution in [3.63, 3.8) is 0 Å². The summed E-state index contributed by atoms with van der Waals surface area (Å²) in [5, 5.41) is 3.93. The third-order valence-corrected chi connectivity index (χ3v) is 6.00. The number of rotatable bonds is 4. The van der Waals surface area contributed by atoms with Gasteiger partial charge < -0.3 is 19.5 Å². The molecule has 0 bridgehead atoms. The fraction of sp³-hybridized carbons (Fsp3) is 0.524. The summed E-state index contributed by atoms with van der Waals surface area (Å²) in [7, 11) is 2.06. The quantitative estimate of drug-likeness (QED) is 0.843. The van der Waals surface area contributed by atoms with Gasteiger partial charge in [0.1, 0.15) is 0 Å². The molecule has 0 radical (unpaired) electrons. The second-order valence-electron chi connectivity index (χ2n) is 7.70. The number of nitrogens with zero attached hydrogens (tertiary/aromatic N) is 2. The van der Waals surface area contributed by atoms with E-state index in [4.69, 9.17) is 4.74 Å². The maximum atomic E-state index is 12.7. The van der Waals surface area contributed by atoms with Gasteiger partial charge in [0.25, 0.3) is 0 Å². The minimum atomic E-state index is 0.0461. The van der Waals surface area contributed by atoms with Crippen LogP contribution in [0.25, 0.3) is 10.9 Å². The molecule has 2 fully saturated rings. The monoisotopic (exact) mass is 369 g/mol. The smallest absolute Gasteiger partial charge is 0.228 e. The third kappa shape index (κ3) is 3.58. The van der Waals surface area contributed by atoms with Crippen LogP contribution in [0.4, 0.5) is 5.69 Å². The van der Waals surface area contributed by atoms with E-state index in [1.54, 1.807) is 0 Å². The molecule has 3 heterocycles. The molecule has 4 rings (SSSR count). The van der Waals surface area contributed by atoms with E-state index in [0.717, 1.165) is 51.1 Å². The van der Waals surface area contributed by atoms with Crippen molar-refractivity contribution in [2.75, 3.05) is 31.6 Å². The summed E-state index contributed by atoms with van der Waals surface area (Å²) in [5.74, 6) is 0.750. The third-order valence-electron chi connectivity index (χ3n) is 6.00. The topological polar surface area (TPSA) is 63.6 Å². The molecule has 0 saturated carbocycles. The van der Waals surface area contributed by atoms with E-state index in [9.17, 15) is 9.59 Å². The molecule has 144 valence electrons. The van der Waals surface area contributed by atoms with Crippen LogP contribution in [0.3, 0.4) is 0 Å². The van der Waals surface area contributed by atoms with Gasteiger partial charge in [0.2, 0.25) is 12.3 Å². The van der Waals surface area contributed by atoms with Gasteiger partial charge in [0, 0.05) is 49.5 Å². The van der Waals surface area contributed by atoms with Gasteiger partial charge in [0.05, 0.1) is 12.5 Å². The van der Waals surface area contributed by atoms with Crippen molar-refractivity contribution in [2.45, 2.75) is 31.6 Å². The first-order valence-corrected chi connectivity index (χ1v) is 9.83. The molecule has 1 aromatic carbocycles. The molecule has 2 aromatic rings. The minimum absolute atomic E-state index is 0.0461. The van der Waals surface area contributed by atoms with Gasteiger partial charge in [-0.05, 0) is 55.4 Å². The highest BCUT2D eigenvalue weighted by atomic mass is 16.5. The first-order chi connectivity index (χ1) is 13.2. The number of hydrogen-bond donors (Lipinski definition) is 1. The van der Waals surface area contributed by atoms with Crippen LogP contribution in [0.2, 0.25) is 0 Å². The number of likely N-dealkylation sites (tertiary alicyclic amines) is 1. The summed E-state index contributed by atoms with van der Waals surface area (Å²) < 4.78 is 7.63. The predicted octanol–water partition coefficient (Wildman–Crippen LogP) is 2.88. The van der Waals surface area contributed by atoms with Crippen LogP contribution >= 0.6 is 0 Å². The molecule has 2 amide bonds. The second-order valence-corrected chi connectivity index (χ2v) is 7.70. The molecule has 6 nitrogen and oxygen atoms in total. The molecule has 0 spiro atoms. The number of aryl methyl sites for hydroxylation is 1. The van der Waals surface area contributed by atoms with Gasteiger partial charge in [-0.1, -0.05) is 0 Å². The average Bonchev–Trinajstić information content (AvgIpc) is 3.04. The number of fused-ring (bicyclic) bond motifs is 1. The Morgan fingerprint density at radius 3 is 2.78 bits per heavy atom. The Kier molecular flexibility index (Phi) is 5.16. The van der Waals surface area contributed by atoms with E-state index < -0.39 is 0 Å². The van der Waals surface area contributed by atoms with Crippen LogP contribution in [0.1, 0.15) is 37.2 Å². The summed E-state index contributed by atoms with van der Waals surface area (Å²) >= 11 is 0. The summed E-state index contributed by atoms with van der Waals surface area (Å²) in [6, 6.07) is 6.02. The molecule has 1 N–H and O–H groups in total. The Morgan fingerprint density at radius 1 is 1.26 bits per heavy atom. The number of piperidine rings is 1. The van der Waals surface area contributed by atoms with Gasteiger partial charge in [-0.3, -0.25) is 9.59 Å². The molecule has 27 heavy (non-hydrogen) atoms. The van der Waals surface area contributed by atoms with E-state index in [-0.39, 0.29) is 11.8 Å². The highest BCUT2D eigenvalue weighted by Gasteiger charge is 2.30. The SMILES string of the molecule is Cn1cc(C2CCN(C(=O)C3CCCOC3)CC2)c2cc(NC=O)ccc21. The zero-order valence-corrected chi connectivity index (χ0v) is 15.8. The molecule has 1 atom stereocenters. The van der Waals surface area contributed by atoms with E-state index in [1.807, 2.05) is 17.0 Å². The Bertz CT molecular complexity index is 831. The van der Waals surface area contributed by atoms with Gasteiger partial charge in [-0.25, -0.2) is 0 Å². The number of carbonyl (C=O) groups excluding carboxylic acids is 2. The number of amides is 2. The van der Waals surface area contributed by atoms with Gasteiger partial charge in [-0.2, -0.15) is 0 Å². The Morgan fingerprint density at radius 2 is 2.07 bits per heavy atom. The van der Waals surface area contributed by atoms with Crippen molar-refractivity contribution in [1.29, 1.82) is 0 Å². The van der Waals surface area contributed by atoms with Crippen molar-refractivity contribution in [2.24, 2.45) is 13.0 Å². The van der Waals surface area contributed by atoms with Crippen molar-refractivity contribution >= 4 is 28.9 Å². The normalized spacial score (nSPS) is 21.4. The fourth-order valence-electron chi connectivity index (χ4n) is 4.51. The molecular weight excluding hydrogens is 342 g/mol. The molecular formula is C21H27N3O3. The summed E-state index contributed by atoms with van der Waals surface area (Å²) in [5.41, 5.74) is 3.30. The van der Waals surface area contributed by atoms with E-state index in [0.29, 0.717) is 18.9 Å². The lowest BCUT2D eigenvalue weighted by Crippen LogP contribution is -2.43. The first-order valence-electron chi connectivity index (χ1n) is 9.83. The van der Waals surface area contributed by atoms with Gasteiger partial charge in [0.15, 0.2) is 0 Å². The maximum absolute atomic E-state index is 12.7. The lowest BCUT2D eigenvalue weighted by Gasteiger charge is -2.35. The largest absolute Gasteiger partial charge is 0.381 e. The minimum Gasteiger partial charge on any atom is -0.381 e. The second kappa shape index (κ2) is 7.72. The molecule has 1 unspecified atom stereocenters. The van der Waals surface area contributed by atoms with Crippen molar-refractivity contribution in [3.8, 4) is 0 Å². The Labute approximate surface area is 159 Å². The Balaban J connectivity index is 1.48. The molecule has 2 aliphatic rings. The van der Waals surface area contributed by atoms with Crippen molar-refractivity contribution in [3.05, 3.63) is 30.0 Å². The van der Waals surface area contributed by atoms with Gasteiger partial charge >= 0.3 is 0 Å². The van der Waals surface area contributed by atoms with Crippen LogP contribution in [0.15, 0.2) is 24.4 Å². The van der Waals surface area contributed by atoms with Crippen LogP contribution in [-0.2, 0) is 21.4 Å². The van der Waals surface area contributed by atoms with Crippen LogP contribution in [0.5, 0.6) is 0 Å². The molecule has 0 aliphatic carbocycles. The van der Waals surface area contributed by atoms with E-state index in [2.05, 4.69) is 29.2 Å². The predicted molar refractivity (Wildman–Crippen MR) is 105 cm³/mol. The number of aromatic nitrogens is 1.